The van der Waals surface area contributed by atoms with Crippen LogP contribution in [-0.2, 0) is 0 Å². The molecule has 0 saturated heterocycles. The number of likely N-dealkylation sites (N-methyl/N-ethyl adjacent to an activating group) is 1. The van der Waals surface area contributed by atoms with Gasteiger partial charge in [-0.15, -0.1) is 0 Å². The first-order chi connectivity index (χ1) is 11.6. The van der Waals surface area contributed by atoms with Crippen LogP contribution < -0.4 is 11.2 Å². The summed E-state index contributed by atoms with van der Waals surface area (Å²) >= 11 is 0. The van der Waals surface area contributed by atoms with Crippen LogP contribution >= 0.6 is 0 Å². The monoisotopic (exact) mass is 336 g/mol. The van der Waals surface area contributed by atoms with Crippen LogP contribution in [0.5, 0.6) is 5.88 Å². The van der Waals surface area contributed by atoms with E-state index in [1.54, 1.807) is 0 Å². The molecule has 1 fully saturated rings. The fourth-order valence-electron chi connectivity index (χ4n) is 3.24. The van der Waals surface area contributed by atoms with Crippen LogP contribution in [0.3, 0.4) is 0 Å². The van der Waals surface area contributed by atoms with Gasteiger partial charge in [-0.25, -0.2) is 4.79 Å². The molecule has 24 heavy (non-hydrogen) atoms. The lowest BCUT2D eigenvalue weighted by Crippen LogP contribution is -2.35. The second kappa shape index (κ2) is 8.82. The molecule has 1 heterocycles. The molecule has 2 N–H and O–H groups in total. The first-order valence-corrected chi connectivity index (χ1v) is 8.88. The van der Waals surface area contributed by atoms with Crippen LogP contribution in [0.25, 0.3) is 0 Å². The van der Waals surface area contributed by atoms with Crippen molar-refractivity contribution in [3.63, 3.8) is 0 Å². The minimum absolute atomic E-state index is 0.0501. The van der Waals surface area contributed by atoms with E-state index in [4.69, 9.17) is 0 Å². The van der Waals surface area contributed by atoms with Gasteiger partial charge in [0.15, 0.2) is 0 Å². The summed E-state index contributed by atoms with van der Waals surface area (Å²) in [5, 5.41) is 10.4. The number of aromatic hydroxyl groups is 1. The van der Waals surface area contributed by atoms with Gasteiger partial charge in [-0.2, -0.15) is 0 Å². The van der Waals surface area contributed by atoms with Crippen molar-refractivity contribution in [1.82, 2.24) is 14.5 Å². The van der Waals surface area contributed by atoms with Gasteiger partial charge in [0, 0.05) is 18.8 Å². The molecule has 0 amide bonds. The molecule has 2 rings (SSSR count). The lowest BCUT2D eigenvalue weighted by molar-refractivity contribution is 0.298. The van der Waals surface area contributed by atoms with Gasteiger partial charge in [-0.3, -0.25) is 19.3 Å². The summed E-state index contributed by atoms with van der Waals surface area (Å²) in [7, 11) is 0. The smallest absolute Gasteiger partial charge is 0.331 e. The lowest BCUT2D eigenvalue weighted by Gasteiger charge is -2.24. The second-order valence-corrected chi connectivity index (χ2v) is 6.22. The van der Waals surface area contributed by atoms with Crippen LogP contribution in [0.2, 0.25) is 0 Å². The predicted molar refractivity (Wildman–Crippen MR) is 95.4 cm³/mol. The minimum Gasteiger partial charge on any atom is -0.494 e. The van der Waals surface area contributed by atoms with E-state index in [-0.39, 0.29) is 17.5 Å². The molecule has 134 valence electrons. The molecule has 1 aromatic rings. The van der Waals surface area contributed by atoms with E-state index < -0.39 is 11.2 Å². The van der Waals surface area contributed by atoms with Crippen molar-refractivity contribution in [2.75, 3.05) is 26.2 Å². The molecule has 1 aliphatic carbocycles. The number of aromatic nitrogens is 2. The van der Waals surface area contributed by atoms with Crippen molar-refractivity contribution in [2.45, 2.75) is 52.0 Å². The highest BCUT2D eigenvalue weighted by atomic mass is 16.3. The van der Waals surface area contributed by atoms with Crippen molar-refractivity contribution < 1.29 is 5.11 Å². The Labute approximate surface area is 142 Å². The zero-order valence-electron chi connectivity index (χ0n) is 14.6. The topological polar surface area (TPSA) is 90.7 Å². The van der Waals surface area contributed by atoms with E-state index in [0.717, 1.165) is 51.7 Å². The Morgan fingerprint density at radius 2 is 1.92 bits per heavy atom. The summed E-state index contributed by atoms with van der Waals surface area (Å²) in [5.74, 6) is -0.262. The van der Waals surface area contributed by atoms with Gasteiger partial charge in [-0.1, -0.05) is 33.1 Å². The van der Waals surface area contributed by atoms with Gasteiger partial charge < -0.3 is 10.0 Å². The largest absolute Gasteiger partial charge is 0.494 e. The summed E-state index contributed by atoms with van der Waals surface area (Å²) in [6, 6.07) is -0.0501. The third-order valence-corrected chi connectivity index (χ3v) is 4.75. The number of nitrogens with one attached hydrogen (secondary N) is 1. The molecular weight excluding hydrogens is 308 g/mol. The average Bonchev–Trinajstić information content (AvgIpc) is 2.58. The number of aromatic amines is 1. The maximum absolute atomic E-state index is 12.1. The van der Waals surface area contributed by atoms with Crippen molar-refractivity contribution in [2.24, 2.45) is 4.99 Å². The zero-order valence-corrected chi connectivity index (χ0v) is 14.6. The molecule has 1 aliphatic rings. The molecule has 0 atom stereocenters. The average molecular weight is 336 g/mol. The highest BCUT2D eigenvalue weighted by Crippen LogP contribution is 2.29. The molecule has 0 aromatic carbocycles. The van der Waals surface area contributed by atoms with E-state index in [2.05, 4.69) is 28.7 Å². The summed E-state index contributed by atoms with van der Waals surface area (Å²) in [6.45, 7) is 7.41. The van der Waals surface area contributed by atoms with E-state index in [1.165, 1.54) is 10.8 Å². The molecule has 0 unspecified atom stereocenters. The summed E-state index contributed by atoms with van der Waals surface area (Å²) in [6.07, 6.45) is 6.29. The summed E-state index contributed by atoms with van der Waals surface area (Å²) in [5.41, 5.74) is -1.06. The van der Waals surface area contributed by atoms with Crippen molar-refractivity contribution >= 4 is 6.21 Å². The number of nitrogens with zero attached hydrogens (tertiary/aromatic N) is 3. The third-order valence-electron chi connectivity index (χ3n) is 4.75. The number of hydrogen-bond acceptors (Lipinski definition) is 5. The zero-order chi connectivity index (χ0) is 17.5. The van der Waals surface area contributed by atoms with Crippen molar-refractivity contribution in [3.8, 4) is 5.88 Å². The molecule has 0 radical (unpaired) electrons. The first kappa shape index (κ1) is 18.4. The van der Waals surface area contributed by atoms with E-state index in [0.29, 0.717) is 6.54 Å². The SMILES string of the molecule is CCN(CC)CCN=Cc1c(O)n(C2CCCCC2)c(=O)[nH]c1=O. The Balaban J connectivity index is 2.20. The predicted octanol–water partition coefficient (Wildman–Crippen LogP) is 1.51. The van der Waals surface area contributed by atoms with E-state index >= 15 is 0 Å². The Hall–Kier alpha value is -1.89. The minimum atomic E-state index is -0.587. The van der Waals surface area contributed by atoms with Gasteiger partial charge >= 0.3 is 5.69 Å². The van der Waals surface area contributed by atoms with Crippen LogP contribution in [0, 0.1) is 0 Å². The Kier molecular flexibility index (Phi) is 6.78. The lowest BCUT2D eigenvalue weighted by atomic mass is 9.95. The summed E-state index contributed by atoms with van der Waals surface area (Å²) in [4.78, 5) is 32.9. The molecular formula is C17H28N4O3. The van der Waals surface area contributed by atoms with Gasteiger partial charge in [0.1, 0.15) is 5.56 Å². The maximum atomic E-state index is 12.1. The highest BCUT2D eigenvalue weighted by Gasteiger charge is 2.22. The van der Waals surface area contributed by atoms with Crippen molar-refractivity contribution in [1.29, 1.82) is 0 Å². The summed E-state index contributed by atoms with van der Waals surface area (Å²) < 4.78 is 1.33. The molecule has 0 bridgehead atoms. The van der Waals surface area contributed by atoms with Crippen LogP contribution in [0.4, 0.5) is 0 Å². The quantitative estimate of drug-likeness (QED) is 0.739. The third kappa shape index (κ3) is 4.35. The molecule has 0 aliphatic heterocycles. The van der Waals surface area contributed by atoms with Gasteiger partial charge in [-0.05, 0) is 25.9 Å². The van der Waals surface area contributed by atoms with Gasteiger partial charge in [0.2, 0.25) is 5.88 Å². The fraction of sp³-hybridized carbons (Fsp3) is 0.706. The van der Waals surface area contributed by atoms with Gasteiger partial charge in [0.25, 0.3) is 5.56 Å². The van der Waals surface area contributed by atoms with Crippen LogP contribution in [-0.4, -0.2) is 52.0 Å². The number of H-pyrrole nitrogens is 1. The fourth-order valence-corrected chi connectivity index (χ4v) is 3.24. The van der Waals surface area contributed by atoms with Crippen molar-refractivity contribution in [3.05, 3.63) is 26.4 Å². The number of aliphatic imine (C=N–C) groups is 1. The van der Waals surface area contributed by atoms with E-state index in [1.807, 2.05) is 0 Å². The molecule has 1 saturated carbocycles. The Morgan fingerprint density at radius 1 is 1.25 bits per heavy atom. The normalized spacial score (nSPS) is 16.3. The molecule has 7 nitrogen and oxygen atoms in total. The molecule has 7 heteroatoms. The second-order valence-electron chi connectivity index (χ2n) is 6.22. The first-order valence-electron chi connectivity index (χ1n) is 8.88. The molecule has 1 aromatic heterocycles. The van der Waals surface area contributed by atoms with Gasteiger partial charge in [0.05, 0.1) is 6.54 Å². The number of rotatable bonds is 7. The van der Waals surface area contributed by atoms with Crippen LogP contribution in [0.15, 0.2) is 14.6 Å². The number of hydrogen-bond donors (Lipinski definition) is 2. The Morgan fingerprint density at radius 3 is 2.54 bits per heavy atom. The molecule has 0 spiro atoms. The maximum Gasteiger partial charge on any atom is 0.331 e. The highest BCUT2D eigenvalue weighted by molar-refractivity contribution is 5.81. The Bertz CT molecular complexity index is 667. The standard InChI is InChI=1S/C17H28N4O3/c1-3-20(4-2)11-10-18-12-14-15(22)19-17(24)21(16(14)23)13-8-6-5-7-9-13/h12-13,23H,3-11H2,1-2H3,(H,19,22,24). The van der Waals surface area contributed by atoms with Crippen LogP contribution in [0.1, 0.15) is 57.6 Å². The van der Waals surface area contributed by atoms with E-state index in [9.17, 15) is 14.7 Å².